The summed E-state index contributed by atoms with van der Waals surface area (Å²) in [5.74, 6) is -0.955. The topological polar surface area (TPSA) is 143 Å². The van der Waals surface area contributed by atoms with Crippen LogP contribution in [0.25, 0.3) is 0 Å². The molecule has 0 spiro atoms. The van der Waals surface area contributed by atoms with Crippen LogP contribution in [0.5, 0.6) is 0 Å². The number of nitrogens with zero attached hydrogens (tertiary/aromatic N) is 4. The second-order valence-electron chi connectivity index (χ2n) is 3.78. The van der Waals surface area contributed by atoms with Gasteiger partial charge in [0.15, 0.2) is 5.03 Å². The molecule has 108 valence electrons. The summed E-state index contributed by atoms with van der Waals surface area (Å²) >= 11 is 0. The highest BCUT2D eigenvalue weighted by Gasteiger charge is 2.25. The van der Waals surface area contributed by atoms with E-state index in [0.717, 1.165) is 6.20 Å². The molecule has 0 saturated heterocycles. The summed E-state index contributed by atoms with van der Waals surface area (Å²) in [5.41, 5.74) is -0.422. The molecule has 3 N–H and O–H groups in total. The van der Waals surface area contributed by atoms with Crippen LogP contribution in [0.3, 0.4) is 0 Å². The highest BCUT2D eigenvalue weighted by Crippen LogP contribution is 2.12. The van der Waals surface area contributed by atoms with Crippen molar-refractivity contribution in [3.8, 4) is 0 Å². The maximum Gasteiger partial charge on any atom is 0.340 e. The van der Waals surface area contributed by atoms with Gasteiger partial charge in [-0.2, -0.15) is 5.10 Å². The fourth-order valence-electron chi connectivity index (χ4n) is 1.54. The zero-order valence-electron chi connectivity index (χ0n) is 10.4. The first-order valence-electron chi connectivity index (χ1n) is 5.58. The predicted octanol–water partition coefficient (Wildman–Crippen LogP) is -0.802. The van der Waals surface area contributed by atoms with Crippen LogP contribution in [0.15, 0.2) is 17.6 Å². The van der Waals surface area contributed by atoms with Crippen LogP contribution in [0.2, 0.25) is 0 Å². The van der Waals surface area contributed by atoms with E-state index in [-0.39, 0.29) is 6.54 Å². The van der Waals surface area contributed by atoms with Gasteiger partial charge in [-0.05, 0) is 6.92 Å². The normalized spacial score (nSPS) is 11.7. The molecule has 2 aromatic rings. The molecule has 2 rings (SSSR count). The molecule has 2 aromatic heterocycles. The van der Waals surface area contributed by atoms with Gasteiger partial charge in [-0.15, -0.1) is 10.2 Å². The van der Waals surface area contributed by atoms with Gasteiger partial charge in [0.2, 0.25) is 0 Å². The first kappa shape index (κ1) is 14.1. The van der Waals surface area contributed by atoms with Crippen LogP contribution < -0.4 is 4.72 Å². The quantitative estimate of drug-likeness (QED) is 0.633. The van der Waals surface area contributed by atoms with E-state index in [0.29, 0.717) is 12.4 Å². The van der Waals surface area contributed by atoms with E-state index in [4.69, 9.17) is 5.11 Å². The van der Waals surface area contributed by atoms with Gasteiger partial charge in [0, 0.05) is 6.54 Å². The van der Waals surface area contributed by atoms with Crippen molar-refractivity contribution in [1.29, 1.82) is 0 Å². The lowest BCUT2D eigenvalue weighted by atomic mass is 10.4. The van der Waals surface area contributed by atoms with E-state index in [1.165, 1.54) is 6.33 Å². The van der Waals surface area contributed by atoms with Gasteiger partial charge in [0.25, 0.3) is 10.0 Å². The molecular formula is C9H12N6O4S. The fraction of sp³-hybridized carbons (Fsp3) is 0.333. The molecule has 0 unspecified atom stereocenters. The van der Waals surface area contributed by atoms with Crippen molar-refractivity contribution in [1.82, 2.24) is 29.7 Å². The van der Waals surface area contributed by atoms with Gasteiger partial charge >= 0.3 is 5.97 Å². The minimum atomic E-state index is -4.02. The van der Waals surface area contributed by atoms with E-state index in [9.17, 15) is 13.2 Å². The minimum Gasteiger partial charge on any atom is -0.478 e. The van der Waals surface area contributed by atoms with Crippen molar-refractivity contribution in [3.05, 3.63) is 23.9 Å². The molecule has 0 atom stereocenters. The summed E-state index contributed by atoms with van der Waals surface area (Å²) in [5, 5.41) is 21.4. The number of aromatic carboxylic acids is 1. The molecular weight excluding hydrogens is 288 g/mol. The molecule has 0 aliphatic rings. The van der Waals surface area contributed by atoms with Crippen molar-refractivity contribution in [2.45, 2.75) is 25.0 Å². The van der Waals surface area contributed by atoms with Crippen molar-refractivity contribution >= 4 is 16.0 Å². The average Bonchev–Trinajstić information content (AvgIpc) is 3.05. The highest BCUT2D eigenvalue weighted by molar-refractivity contribution is 7.89. The Morgan fingerprint density at radius 3 is 2.95 bits per heavy atom. The molecule has 0 aliphatic carbocycles. The molecule has 0 radical (unpaired) electrons. The van der Waals surface area contributed by atoms with Crippen LogP contribution in [0.1, 0.15) is 23.1 Å². The van der Waals surface area contributed by atoms with Gasteiger partial charge in [-0.25, -0.2) is 17.9 Å². The lowest BCUT2D eigenvalue weighted by Gasteiger charge is -2.06. The third-order valence-electron chi connectivity index (χ3n) is 2.56. The van der Waals surface area contributed by atoms with Gasteiger partial charge < -0.3 is 9.67 Å². The Morgan fingerprint density at radius 1 is 1.55 bits per heavy atom. The largest absolute Gasteiger partial charge is 0.478 e. The highest BCUT2D eigenvalue weighted by atomic mass is 32.2. The number of H-pyrrole nitrogens is 1. The number of hydrogen-bond acceptors (Lipinski definition) is 6. The first-order valence-corrected chi connectivity index (χ1v) is 7.07. The van der Waals surface area contributed by atoms with Gasteiger partial charge in [0.1, 0.15) is 17.7 Å². The number of aromatic amines is 1. The second-order valence-corrected chi connectivity index (χ2v) is 5.48. The number of carbonyl (C=O) groups is 1. The smallest absolute Gasteiger partial charge is 0.340 e. The molecule has 0 aliphatic heterocycles. The number of carboxylic acid groups (broad SMARTS) is 1. The average molecular weight is 300 g/mol. The van der Waals surface area contributed by atoms with Crippen molar-refractivity contribution in [3.63, 3.8) is 0 Å². The summed E-state index contributed by atoms with van der Waals surface area (Å²) in [6, 6.07) is 0. The van der Waals surface area contributed by atoms with E-state index in [2.05, 4.69) is 25.1 Å². The first-order chi connectivity index (χ1) is 9.45. The summed E-state index contributed by atoms with van der Waals surface area (Å²) in [4.78, 5) is 10.9. The zero-order chi connectivity index (χ0) is 14.8. The van der Waals surface area contributed by atoms with Crippen LogP contribution in [-0.2, 0) is 23.1 Å². The number of sulfonamides is 1. The van der Waals surface area contributed by atoms with Gasteiger partial charge in [-0.1, -0.05) is 0 Å². The van der Waals surface area contributed by atoms with Crippen LogP contribution in [0, 0.1) is 0 Å². The monoisotopic (exact) mass is 300 g/mol. The van der Waals surface area contributed by atoms with E-state index >= 15 is 0 Å². The van der Waals surface area contributed by atoms with Crippen LogP contribution in [-0.4, -0.2) is 44.5 Å². The van der Waals surface area contributed by atoms with Crippen molar-refractivity contribution < 1.29 is 18.3 Å². The number of hydrogen-bond donors (Lipinski definition) is 3. The number of carboxylic acids is 1. The van der Waals surface area contributed by atoms with E-state index in [1.807, 2.05) is 6.92 Å². The minimum absolute atomic E-state index is 0.103. The van der Waals surface area contributed by atoms with E-state index < -0.39 is 26.6 Å². The Balaban J connectivity index is 2.20. The fourth-order valence-corrected chi connectivity index (χ4v) is 2.61. The summed E-state index contributed by atoms with van der Waals surface area (Å²) in [6.07, 6.45) is 2.41. The summed E-state index contributed by atoms with van der Waals surface area (Å²) in [7, 11) is -4.02. The van der Waals surface area contributed by atoms with Crippen molar-refractivity contribution in [2.24, 2.45) is 0 Å². The summed E-state index contributed by atoms with van der Waals surface area (Å²) < 4.78 is 27.9. The molecule has 0 aromatic carbocycles. The Morgan fingerprint density at radius 2 is 2.30 bits per heavy atom. The molecule has 11 heteroatoms. The van der Waals surface area contributed by atoms with Gasteiger partial charge in [-0.3, -0.25) is 5.10 Å². The molecule has 20 heavy (non-hydrogen) atoms. The van der Waals surface area contributed by atoms with E-state index in [1.54, 1.807) is 4.57 Å². The molecule has 0 fully saturated rings. The van der Waals surface area contributed by atoms with Crippen LogP contribution in [0.4, 0.5) is 0 Å². The molecule has 0 bridgehead atoms. The maximum atomic E-state index is 12.0. The molecule has 2 heterocycles. The Bertz CT molecular complexity index is 718. The molecule has 0 amide bonds. The zero-order valence-corrected chi connectivity index (χ0v) is 11.3. The number of aromatic nitrogens is 5. The Labute approximate surface area is 113 Å². The van der Waals surface area contributed by atoms with Crippen LogP contribution >= 0.6 is 0 Å². The third-order valence-corrected chi connectivity index (χ3v) is 3.93. The molecule has 0 saturated carbocycles. The predicted molar refractivity (Wildman–Crippen MR) is 65.3 cm³/mol. The van der Waals surface area contributed by atoms with Crippen molar-refractivity contribution in [2.75, 3.05) is 0 Å². The molecule has 10 nitrogen and oxygen atoms in total. The lowest BCUT2D eigenvalue weighted by molar-refractivity contribution is 0.0692. The number of nitrogens with one attached hydrogen (secondary N) is 2. The maximum absolute atomic E-state index is 12.0. The Kier molecular flexibility index (Phi) is 3.81. The Hall–Kier alpha value is -2.27. The SMILES string of the molecule is CCn1cnnc1CNS(=O)(=O)c1[nH]ncc1C(=O)O. The third kappa shape index (κ3) is 2.67. The standard InChI is InChI=1S/C9H12N6O4S/c1-2-15-5-11-13-7(15)4-12-20(18,19)8-6(9(16)17)3-10-14-8/h3,5,12H,2,4H2,1H3,(H,10,14)(H,16,17). The second kappa shape index (κ2) is 5.38. The van der Waals surface area contributed by atoms with Gasteiger partial charge in [0.05, 0.1) is 12.7 Å². The lowest BCUT2D eigenvalue weighted by Crippen LogP contribution is -2.26. The number of aryl methyl sites for hydroxylation is 1. The number of rotatable bonds is 6. The summed E-state index contributed by atoms with van der Waals surface area (Å²) in [6.45, 7) is 2.35.